The van der Waals surface area contributed by atoms with Gasteiger partial charge in [0.1, 0.15) is 14.9 Å². The number of carbonyl (C=O) groups is 2. The van der Waals surface area contributed by atoms with Crippen molar-refractivity contribution in [3.05, 3.63) is 23.8 Å². The number of fused-ring (bicyclic) bond motifs is 1. The van der Waals surface area contributed by atoms with Crippen LogP contribution in [0.25, 0.3) is 0 Å². The number of ether oxygens (including phenoxy) is 2. The van der Waals surface area contributed by atoms with E-state index in [4.69, 9.17) is 9.47 Å². The molecule has 0 bridgehead atoms. The van der Waals surface area contributed by atoms with E-state index in [-0.39, 0.29) is 11.8 Å². The van der Waals surface area contributed by atoms with Crippen LogP contribution in [0.2, 0.25) is 0 Å². The number of benzene rings is 1. The van der Waals surface area contributed by atoms with Crippen LogP contribution in [0.4, 0.5) is 0 Å². The zero-order chi connectivity index (χ0) is 14.0. The molecule has 1 unspecified atom stereocenters. The van der Waals surface area contributed by atoms with E-state index in [9.17, 15) is 9.59 Å². The maximum Gasteiger partial charge on any atom is 0.327 e. The van der Waals surface area contributed by atoms with Crippen molar-refractivity contribution in [3.63, 3.8) is 0 Å². The van der Waals surface area contributed by atoms with Gasteiger partial charge in [0, 0.05) is 6.42 Å². The Balaban J connectivity index is 2.21. The predicted octanol–water partition coefficient (Wildman–Crippen LogP) is 3.16. The minimum absolute atomic E-state index is 0.0203. The second kappa shape index (κ2) is 5.48. The molecule has 19 heavy (non-hydrogen) atoms. The number of ketones is 1. The van der Waals surface area contributed by atoms with Crippen LogP contribution in [0.5, 0.6) is 11.5 Å². The van der Waals surface area contributed by atoms with E-state index < -0.39 is 3.42 Å². The first kappa shape index (κ1) is 14.3. The second-order valence-corrected chi connectivity index (χ2v) is 7.00. The van der Waals surface area contributed by atoms with Crippen LogP contribution in [0.15, 0.2) is 18.2 Å². The molecule has 0 amide bonds. The zero-order valence-corrected chi connectivity index (χ0v) is 13.0. The van der Waals surface area contributed by atoms with Crippen molar-refractivity contribution >= 4 is 34.3 Å². The molecule has 1 atom stereocenters. The van der Waals surface area contributed by atoms with Gasteiger partial charge in [-0.3, -0.25) is 9.59 Å². The molecule has 0 N–H and O–H groups in total. The smallest absolute Gasteiger partial charge is 0.327 e. The van der Waals surface area contributed by atoms with Gasteiger partial charge in [-0.15, -0.1) is 0 Å². The summed E-state index contributed by atoms with van der Waals surface area (Å²) in [5.41, 5.74) is 0.489. The van der Waals surface area contributed by atoms with Gasteiger partial charge >= 0.3 is 5.97 Å². The van der Waals surface area contributed by atoms with Gasteiger partial charge in [-0.2, -0.15) is 0 Å². The molecule has 5 heteroatoms. The minimum Gasteiger partial charge on any atom is -0.492 e. The number of Topliss-reactive ketones (excluding diaryl/α,β-unsaturated/α-hetero) is 1. The summed E-state index contributed by atoms with van der Waals surface area (Å²) < 4.78 is 10.1. The third-order valence-corrected chi connectivity index (χ3v) is 4.34. The van der Waals surface area contributed by atoms with Crippen LogP contribution in [0.1, 0.15) is 37.0 Å². The zero-order valence-electron chi connectivity index (χ0n) is 10.9. The van der Waals surface area contributed by atoms with Crippen LogP contribution >= 0.6 is 22.6 Å². The summed E-state index contributed by atoms with van der Waals surface area (Å²) in [7, 11) is 0. The number of hydrogen-bond donors (Lipinski definition) is 0. The molecule has 0 saturated carbocycles. The number of hydrogen-bond acceptors (Lipinski definition) is 4. The standard InChI is InChI=1S/C14H15IO4/c1-3-14(2,15)13(17)19-9-4-5-12-10(8-9)11(16)6-7-18-12/h4-5,8H,3,6-7H2,1-2H3. The quantitative estimate of drug-likeness (QED) is 0.353. The molecule has 0 aliphatic carbocycles. The van der Waals surface area contributed by atoms with Crippen LogP contribution in [0.3, 0.4) is 0 Å². The average molecular weight is 374 g/mol. The van der Waals surface area contributed by atoms with E-state index >= 15 is 0 Å². The molecule has 0 radical (unpaired) electrons. The SMILES string of the molecule is CCC(C)(I)C(=O)Oc1ccc2c(c1)C(=O)CCO2. The summed E-state index contributed by atoms with van der Waals surface area (Å²) >= 11 is 2.07. The molecule has 0 spiro atoms. The summed E-state index contributed by atoms with van der Waals surface area (Å²) in [6.45, 7) is 4.16. The van der Waals surface area contributed by atoms with Crippen LogP contribution in [0, 0.1) is 0 Å². The highest BCUT2D eigenvalue weighted by Gasteiger charge is 2.30. The van der Waals surface area contributed by atoms with E-state index in [1.165, 1.54) is 0 Å². The molecule has 102 valence electrons. The van der Waals surface area contributed by atoms with Crippen molar-refractivity contribution in [1.82, 2.24) is 0 Å². The summed E-state index contributed by atoms with van der Waals surface area (Å²) in [4.78, 5) is 23.7. The summed E-state index contributed by atoms with van der Waals surface area (Å²) in [5.74, 6) is 0.661. The molecule has 2 rings (SSSR count). The van der Waals surface area contributed by atoms with Crippen molar-refractivity contribution < 1.29 is 19.1 Å². The van der Waals surface area contributed by atoms with Crippen molar-refractivity contribution in [2.45, 2.75) is 30.1 Å². The number of halogens is 1. The lowest BCUT2D eigenvalue weighted by Crippen LogP contribution is -2.31. The van der Waals surface area contributed by atoms with Gasteiger partial charge in [-0.05, 0) is 31.5 Å². The predicted molar refractivity (Wildman–Crippen MR) is 79.2 cm³/mol. The van der Waals surface area contributed by atoms with Gasteiger partial charge in [0.2, 0.25) is 0 Å². The Bertz CT molecular complexity index is 522. The summed E-state index contributed by atoms with van der Waals surface area (Å²) in [5, 5.41) is 0. The fourth-order valence-corrected chi connectivity index (χ4v) is 1.77. The second-order valence-electron chi connectivity index (χ2n) is 4.62. The molecule has 0 fully saturated rings. The molecular weight excluding hydrogens is 359 g/mol. The number of alkyl halides is 1. The lowest BCUT2D eigenvalue weighted by Gasteiger charge is -2.20. The van der Waals surface area contributed by atoms with Crippen molar-refractivity contribution in [2.24, 2.45) is 0 Å². The molecule has 4 nitrogen and oxygen atoms in total. The third kappa shape index (κ3) is 3.08. The van der Waals surface area contributed by atoms with E-state index in [1.807, 2.05) is 13.8 Å². The summed E-state index contributed by atoms with van der Waals surface area (Å²) in [6.07, 6.45) is 1.04. The van der Waals surface area contributed by atoms with Crippen molar-refractivity contribution in [1.29, 1.82) is 0 Å². The molecular formula is C14H15IO4. The molecule has 0 aromatic heterocycles. The largest absolute Gasteiger partial charge is 0.492 e. The van der Waals surface area contributed by atoms with Gasteiger partial charge in [0.25, 0.3) is 0 Å². The van der Waals surface area contributed by atoms with Crippen LogP contribution < -0.4 is 9.47 Å². The lowest BCUT2D eigenvalue weighted by molar-refractivity contribution is -0.136. The number of esters is 1. The Morgan fingerprint density at radius 2 is 2.26 bits per heavy atom. The van der Waals surface area contributed by atoms with E-state index in [0.717, 1.165) is 0 Å². The lowest BCUT2D eigenvalue weighted by atomic mass is 10.0. The summed E-state index contributed by atoms with van der Waals surface area (Å²) in [6, 6.07) is 4.90. The molecule has 1 aromatic carbocycles. The Hall–Kier alpha value is -1.11. The van der Waals surface area contributed by atoms with Gasteiger partial charge < -0.3 is 9.47 Å². The Labute approximate surface area is 125 Å². The normalized spacial score (nSPS) is 17.1. The van der Waals surface area contributed by atoms with Gasteiger partial charge in [-0.25, -0.2) is 0 Å². The maximum atomic E-state index is 12.0. The van der Waals surface area contributed by atoms with Gasteiger partial charge in [0.05, 0.1) is 12.2 Å². The first-order valence-electron chi connectivity index (χ1n) is 6.15. The topological polar surface area (TPSA) is 52.6 Å². The highest BCUT2D eigenvalue weighted by atomic mass is 127. The number of carbonyl (C=O) groups excluding carboxylic acids is 2. The number of rotatable bonds is 3. The minimum atomic E-state index is -0.561. The highest BCUT2D eigenvalue weighted by molar-refractivity contribution is 14.1. The van der Waals surface area contributed by atoms with E-state index in [0.29, 0.717) is 36.5 Å². The van der Waals surface area contributed by atoms with Crippen LogP contribution in [-0.2, 0) is 4.79 Å². The van der Waals surface area contributed by atoms with E-state index in [2.05, 4.69) is 22.6 Å². The maximum absolute atomic E-state index is 12.0. The molecule has 1 heterocycles. The fourth-order valence-electron chi connectivity index (χ4n) is 1.66. The average Bonchev–Trinajstić information content (AvgIpc) is 2.39. The molecule has 0 saturated heterocycles. The molecule has 1 aliphatic rings. The molecule has 1 aliphatic heterocycles. The van der Waals surface area contributed by atoms with Gasteiger partial charge in [0.15, 0.2) is 5.78 Å². The highest BCUT2D eigenvalue weighted by Crippen LogP contribution is 2.30. The first-order chi connectivity index (χ1) is 8.94. The van der Waals surface area contributed by atoms with E-state index in [1.54, 1.807) is 18.2 Å². The van der Waals surface area contributed by atoms with Crippen molar-refractivity contribution in [2.75, 3.05) is 6.61 Å². The Kier molecular flexibility index (Phi) is 4.13. The third-order valence-electron chi connectivity index (χ3n) is 3.14. The van der Waals surface area contributed by atoms with Gasteiger partial charge in [-0.1, -0.05) is 29.5 Å². The Morgan fingerprint density at radius 3 is 2.95 bits per heavy atom. The first-order valence-corrected chi connectivity index (χ1v) is 7.23. The Morgan fingerprint density at radius 1 is 1.53 bits per heavy atom. The fraction of sp³-hybridized carbons (Fsp3) is 0.429. The van der Waals surface area contributed by atoms with Crippen LogP contribution in [-0.4, -0.2) is 21.8 Å². The van der Waals surface area contributed by atoms with Crippen molar-refractivity contribution in [3.8, 4) is 11.5 Å². The molecule has 1 aromatic rings. The monoisotopic (exact) mass is 374 g/mol.